The van der Waals surface area contributed by atoms with E-state index in [4.69, 9.17) is 4.74 Å². The minimum absolute atomic E-state index is 0.0935. The van der Waals surface area contributed by atoms with E-state index in [2.05, 4.69) is 0 Å². The molecule has 0 fully saturated rings. The molecule has 2 aromatic carbocycles. The lowest BCUT2D eigenvalue weighted by molar-refractivity contribution is -0.385. The van der Waals surface area contributed by atoms with E-state index < -0.39 is 10.9 Å². The van der Waals surface area contributed by atoms with Crippen molar-refractivity contribution in [3.63, 3.8) is 0 Å². The van der Waals surface area contributed by atoms with E-state index in [1.807, 2.05) is 24.3 Å². The van der Waals surface area contributed by atoms with Gasteiger partial charge in [-0.1, -0.05) is 30.3 Å². The van der Waals surface area contributed by atoms with Crippen LogP contribution in [0.25, 0.3) is 0 Å². The largest absolute Gasteiger partial charge is 0.452 e. The van der Waals surface area contributed by atoms with Gasteiger partial charge in [0, 0.05) is 24.7 Å². The molecule has 0 aromatic heterocycles. The van der Waals surface area contributed by atoms with E-state index >= 15 is 0 Å². The molecule has 0 N–H and O–H groups in total. The number of ether oxygens (including phenoxy) is 1. The average molecular weight is 354 g/mol. The number of fused-ring (bicyclic) bond motifs is 1. The van der Waals surface area contributed by atoms with Gasteiger partial charge in [-0.15, -0.1) is 0 Å². The van der Waals surface area contributed by atoms with Crippen molar-refractivity contribution in [2.75, 3.05) is 13.2 Å². The maximum Gasteiger partial charge on any atom is 0.339 e. The summed E-state index contributed by atoms with van der Waals surface area (Å²) in [5, 5.41) is 11.0. The van der Waals surface area contributed by atoms with Crippen LogP contribution in [0.5, 0.6) is 0 Å². The Hall–Kier alpha value is -3.22. The zero-order valence-corrected chi connectivity index (χ0v) is 14.3. The SMILES string of the molecule is Cc1c(C(=O)OCC(=O)N2CCc3ccccc3C2)cccc1[N+](=O)[O-]. The number of carbonyl (C=O) groups excluding carboxylic acids is 2. The van der Waals surface area contributed by atoms with Crippen molar-refractivity contribution < 1.29 is 19.2 Å². The number of hydrogen-bond acceptors (Lipinski definition) is 5. The zero-order valence-electron chi connectivity index (χ0n) is 14.3. The van der Waals surface area contributed by atoms with Crippen LogP contribution in [0.3, 0.4) is 0 Å². The van der Waals surface area contributed by atoms with Crippen LogP contribution in [-0.4, -0.2) is 34.9 Å². The van der Waals surface area contributed by atoms with E-state index in [0.717, 1.165) is 12.0 Å². The number of nitrogens with zero attached hydrogens (tertiary/aromatic N) is 2. The van der Waals surface area contributed by atoms with Crippen molar-refractivity contribution in [2.45, 2.75) is 19.9 Å². The molecule has 2 aromatic rings. The topological polar surface area (TPSA) is 89.8 Å². The highest BCUT2D eigenvalue weighted by molar-refractivity contribution is 5.93. The van der Waals surface area contributed by atoms with E-state index in [0.29, 0.717) is 13.1 Å². The summed E-state index contributed by atoms with van der Waals surface area (Å²) in [6.07, 6.45) is 0.764. The maximum absolute atomic E-state index is 12.3. The molecular weight excluding hydrogens is 336 g/mol. The van der Waals surface area contributed by atoms with E-state index in [1.54, 1.807) is 4.90 Å². The maximum atomic E-state index is 12.3. The molecule has 3 rings (SSSR count). The first-order valence-electron chi connectivity index (χ1n) is 8.23. The summed E-state index contributed by atoms with van der Waals surface area (Å²) in [4.78, 5) is 36.6. The van der Waals surface area contributed by atoms with E-state index in [9.17, 15) is 19.7 Å². The van der Waals surface area contributed by atoms with Gasteiger partial charge >= 0.3 is 5.97 Å². The van der Waals surface area contributed by atoms with Gasteiger partial charge in [-0.25, -0.2) is 4.79 Å². The highest BCUT2D eigenvalue weighted by Crippen LogP contribution is 2.22. The van der Waals surface area contributed by atoms with Gasteiger partial charge in [-0.2, -0.15) is 0 Å². The molecule has 7 heteroatoms. The molecule has 1 aliphatic heterocycles. The van der Waals surface area contributed by atoms with Crippen LogP contribution in [0.2, 0.25) is 0 Å². The molecule has 1 heterocycles. The van der Waals surface area contributed by atoms with Crippen LogP contribution >= 0.6 is 0 Å². The molecule has 0 spiro atoms. The van der Waals surface area contributed by atoms with Gasteiger partial charge in [0.25, 0.3) is 11.6 Å². The number of amides is 1. The molecule has 0 atom stereocenters. The van der Waals surface area contributed by atoms with Gasteiger partial charge in [0.15, 0.2) is 6.61 Å². The summed E-state index contributed by atoms with van der Waals surface area (Å²) in [5.41, 5.74) is 2.48. The third-order valence-corrected chi connectivity index (χ3v) is 4.53. The molecular formula is C19H18N2O5. The molecule has 1 aliphatic rings. The fourth-order valence-corrected chi connectivity index (χ4v) is 3.05. The third kappa shape index (κ3) is 3.56. The smallest absolute Gasteiger partial charge is 0.339 e. The molecule has 7 nitrogen and oxygen atoms in total. The Morgan fingerprint density at radius 1 is 1.15 bits per heavy atom. The monoisotopic (exact) mass is 354 g/mol. The van der Waals surface area contributed by atoms with E-state index in [1.165, 1.54) is 30.7 Å². The normalized spacial score (nSPS) is 13.0. The van der Waals surface area contributed by atoms with Crippen LogP contribution in [0, 0.1) is 17.0 Å². The van der Waals surface area contributed by atoms with Gasteiger partial charge in [-0.05, 0) is 30.5 Å². The first kappa shape index (κ1) is 17.6. The number of nitro groups is 1. The molecule has 0 bridgehead atoms. The fraction of sp³-hybridized carbons (Fsp3) is 0.263. The second kappa shape index (κ2) is 7.35. The second-order valence-electron chi connectivity index (χ2n) is 6.12. The standard InChI is InChI=1S/C19H18N2O5/c1-13-16(7-4-8-17(13)21(24)25)19(23)26-12-18(22)20-10-9-14-5-2-3-6-15(14)11-20/h2-8H,9-12H2,1H3. The number of esters is 1. The van der Waals surface area contributed by atoms with Crippen LogP contribution in [0.15, 0.2) is 42.5 Å². The predicted molar refractivity (Wildman–Crippen MR) is 93.7 cm³/mol. The number of nitro benzene ring substituents is 1. The third-order valence-electron chi connectivity index (χ3n) is 4.53. The lowest BCUT2D eigenvalue weighted by atomic mass is 10.00. The molecule has 0 saturated heterocycles. The second-order valence-corrected chi connectivity index (χ2v) is 6.12. The summed E-state index contributed by atoms with van der Waals surface area (Å²) in [6, 6.07) is 12.1. The highest BCUT2D eigenvalue weighted by Gasteiger charge is 2.23. The lowest BCUT2D eigenvalue weighted by Crippen LogP contribution is -2.38. The summed E-state index contributed by atoms with van der Waals surface area (Å²) < 4.78 is 5.09. The number of benzene rings is 2. The van der Waals surface area contributed by atoms with Gasteiger partial charge in [-0.3, -0.25) is 14.9 Å². The number of rotatable bonds is 4. The van der Waals surface area contributed by atoms with Crippen molar-refractivity contribution in [3.05, 3.63) is 74.8 Å². The molecule has 0 unspecified atom stereocenters. The molecule has 0 radical (unpaired) electrons. The Bertz CT molecular complexity index is 878. The Balaban J connectivity index is 1.63. The van der Waals surface area contributed by atoms with Crippen molar-refractivity contribution in [1.82, 2.24) is 4.90 Å². The van der Waals surface area contributed by atoms with Crippen LogP contribution < -0.4 is 0 Å². The fourth-order valence-electron chi connectivity index (χ4n) is 3.05. The van der Waals surface area contributed by atoms with Crippen LogP contribution in [0.4, 0.5) is 5.69 Å². The average Bonchev–Trinajstić information content (AvgIpc) is 2.65. The summed E-state index contributed by atoms with van der Waals surface area (Å²) >= 11 is 0. The van der Waals surface area contributed by atoms with Crippen molar-refractivity contribution in [1.29, 1.82) is 0 Å². The van der Waals surface area contributed by atoms with Crippen molar-refractivity contribution in [3.8, 4) is 0 Å². The Labute approximate surface area is 150 Å². The quantitative estimate of drug-likeness (QED) is 0.478. The molecule has 134 valence electrons. The minimum Gasteiger partial charge on any atom is -0.452 e. The Kier molecular flexibility index (Phi) is 4.97. The van der Waals surface area contributed by atoms with Crippen molar-refractivity contribution in [2.24, 2.45) is 0 Å². The summed E-state index contributed by atoms with van der Waals surface area (Å²) in [6.45, 7) is 2.16. The van der Waals surface area contributed by atoms with Gasteiger partial charge in [0.1, 0.15) is 0 Å². The molecule has 1 amide bonds. The van der Waals surface area contributed by atoms with Gasteiger partial charge in [0.05, 0.1) is 10.5 Å². The highest BCUT2D eigenvalue weighted by atomic mass is 16.6. The first-order valence-corrected chi connectivity index (χ1v) is 8.23. The zero-order chi connectivity index (χ0) is 18.7. The summed E-state index contributed by atoms with van der Waals surface area (Å²) in [5.74, 6) is -1.02. The van der Waals surface area contributed by atoms with Crippen molar-refractivity contribution >= 4 is 17.6 Å². The molecule has 0 saturated carbocycles. The van der Waals surface area contributed by atoms with Crippen LogP contribution in [-0.2, 0) is 22.5 Å². The van der Waals surface area contributed by atoms with Gasteiger partial charge < -0.3 is 9.64 Å². The first-order chi connectivity index (χ1) is 12.5. The number of carbonyl (C=O) groups is 2. The lowest BCUT2D eigenvalue weighted by Gasteiger charge is -2.28. The Morgan fingerprint density at radius 2 is 1.88 bits per heavy atom. The van der Waals surface area contributed by atoms with Gasteiger partial charge in [0.2, 0.25) is 0 Å². The number of hydrogen-bond donors (Lipinski definition) is 0. The molecule has 0 aliphatic carbocycles. The van der Waals surface area contributed by atoms with Crippen LogP contribution in [0.1, 0.15) is 27.0 Å². The van der Waals surface area contributed by atoms with E-state index in [-0.39, 0.29) is 29.3 Å². The minimum atomic E-state index is -0.739. The Morgan fingerprint density at radius 3 is 2.62 bits per heavy atom. The molecule has 26 heavy (non-hydrogen) atoms. The predicted octanol–water partition coefficient (Wildman–Crippen LogP) is 2.64. The summed E-state index contributed by atoms with van der Waals surface area (Å²) in [7, 11) is 0.